The second kappa shape index (κ2) is 9.32. The highest BCUT2D eigenvalue weighted by atomic mass is 16.6. The standard InChI is InChI=1S/C22H20N2O4/c25-22(14-19-9-4-5-12-21(19)24(26)27)23-15-17-7-6-8-18(13-17)16-28-20-10-2-1-3-11-20/h1-13H,14-16H2,(H,23,25). The van der Waals surface area contributed by atoms with Crippen LogP contribution in [0.2, 0.25) is 0 Å². The molecule has 0 heterocycles. The Hall–Kier alpha value is -3.67. The van der Waals surface area contributed by atoms with E-state index in [1.807, 2.05) is 54.6 Å². The lowest BCUT2D eigenvalue weighted by molar-refractivity contribution is -0.385. The van der Waals surface area contributed by atoms with E-state index in [9.17, 15) is 14.9 Å². The number of amides is 1. The molecule has 6 nitrogen and oxygen atoms in total. The highest BCUT2D eigenvalue weighted by Gasteiger charge is 2.15. The molecule has 0 atom stereocenters. The number of ether oxygens (including phenoxy) is 1. The number of carbonyl (C=O) groups is 1. The maximum Gasteiger partial charge on any atom is 0.273 e. The molecule has 28 heavy (non-hydrogen) atoms. The first-order chi connectivity index (χ1) is 13.6. The molecule has 0 bridgehead atoms. The molecule has 0 spiro atoms. The first-order valence-electron chi connectivity index (χ1n) is 8.86. The third-order valence-electron chi connectivity index (χ3n) is 4.17. The number of nitrogens with zero attached hydrogens (tertiary/aromatic N) is 1. The number of nitro benzene ring substituents is 1. The van der Waals surface area contributed by atoms with Crippen molar-refractivity contribution in [3.8, 4) is 5.75 Å². The molecule has 0 fully saturated rings. The Morgan fingerprint density at radius 2 is 1.64 bits per heavy atom. The Balaban J connectivity index is 1.54. The predicted molar refractivity (Wildman–Crippen MR) is 106 cm³/mol. The van der Waals surface area contributed by atoms with Crippen LogP contribution in [-0.2, 0) is 24.4 Å². The maximum atomic E-state index is 12.2. The van der Waals surface area contributed by atoms with Gasteiger partial charge in [0.05, 0.1) is 11.3 Å². The molecule has 0 aliphatic rings. The summed E-state index contributed by atoms with van der Waals surface area (Å²) in [5.74, 6) is 0.533. The van der Waals surface area contributed by atoms with Crippen LogP contribution in [-0.4, -0.2) is 10.8 Å². The molecule has 0 aliphatic carbocycles. The lowest BCUT2D eigenvalue weighted by Gasteiger charge is -2.09. The minimum Gasteiger partial charge on any atom is -0.489 e. The number of benzene rings is 3. The molecule has 0 saturated heterocycles. The Morgan fingerprint density at radius 3 is 2.43 bits per heavy atom. The molecule has 0 unspecified atom stereocenters. The van der Waals surface area contributed by atoms with Crippen LogP contribution in [0.3, 0.4) is 0 Å². The average Bonchev–Trinajstić information content (AvgIpc) is 2.72. The minimum absolute atomic E-state index is 0.0338. The second-order valence-corrected chi connectivity index (χ2v) is 6.26. The number of hydrogen-bond acceptors (Lipinski definition) is 4. The van der Waals surface area contributed by atoms with Crippen LogP contribution >= 0.6 is 0 Å². The van der Waals surface area contributed by atoms with Gasteiger partial charge in [-0.25, -0.2) is 0 Å². The fraction of sp³-hybridized carbons (Fsp3) is 0.136. The highest BCUT2D eigenvalue weighted by molar-refractivity contribution is 5.79. The lowest BCUT2D eigenvalue weighted by atomic mass is 10.1. The van der Waals surface area contributed by atoms with Gasteiger partial charge in [0, 0.05) is 18.2 Å². The molecule has 3 rings (SSSR count). The van der Waals surface area contributed by atoms with Crippen molar-refractivity contribution < 1.29 is 14.5 Å². The molecule has 6 heteroatoms. The fourth-order valence-electron chi connectivity index (χ4n) is 2.79. The first-order valence-corrected chi connectivity index (χ1v) is 8.86. The summed E-state index contributed by atoms with van der Waals surface area (Å²) in [6.45, 7) is 0.778. The van der Waals surface area contributed by atoms with E-state index >= 15 is 0 Å². The Bertz CT molecular complexity index is 958. The fourth-order valence-corrected chi connectivity index (χ4v) is 2.79. The molecule has 1 N–H and O–H groups in total. The molecular formula is C22H20N2O4. The van der Waals surface area contributed by atoms with Gasteiger partial charge in [-0.1, -0.05) is 60.7 Å². The SMILES string of the molecule is O=C(Cc1ccccc1[N+](=O)[O-])NCc1cccc(COc2ccccc2)c1. The summed E-state index contributed by atoms with van der Waals surface area (Å²) >= 11 is 0. The zero-order valence-electron chi connectivity index (χ0n) is 15.2. The molecule has 0 aliphatic heterocycles. The van der Waals surface area contributed by atoms with Gasteiger partial charge in [-0.15, -0.1) is 0 Å². The third kappa shape index (κ3) is 5.41. The summed E-state index contributed by atoms with van der Waals surface area (Å²) < 4.78 is 5.74. The second-order valence-electron chi connectivity index (χ2n) is 6.26. The Kier molecular flexibility index (Phi) is 6.36. The monoisotopic (exact) mass is 376 g/mol. The topological polar surface area (TPSA) is 81.5 Å². The van der Waals surface area contributed by atoms with Crippen molar-refractivity contribution in [3.63, 3.8) is 0 Å². The molecule has 0 aromatic heterocycles. The predicted octanol–water partition coefficient (Wildman–Crippen LogP) is 4.03. The summed E-state index contributed by atoms with van der Waals surface area (Å²) in [6, 6.07) is 23.6. The van der Waals surface area contributed by atoms with Crippen molar-refractivity contribution in [2.45, 2.75) is 19.6 Å². The van der Waals surface area contributed by atoms with Crippen LogP contribution in [0, 0.1) is 10.1 Å². The summed E-state index contributed by atoms with van der Waals surface area (Å²) in [4.78, 5) is 22.8. The largest absolute Gasteiger partial charge is 0.489 e. The van der Waals surface area contributed by atoms with Crippen LogP contribution in [0.15, 0.2) is 78.9 Å². The van der Waals surface area contributed by atoms with Crippen LogP contribution in [0.5, 0.6) is 5.75 Å². The summed E-state index contributed by atoms with van der Waals surface area (Å²) in [5, 5.41) is 13.9. The Labute approximate surface area is 162 Å². The molecule has 142 valence electrons. The van der Waals surface area contributed by atoms with Gasteiger partial charge < -0.3 is 10.1 Å². The molecular weight excluding hydrogens is 356 g/mol. The molecule has 0 radical (unpaired) electrons. The van der Waals surface area contributed by atoms with Crippen molar-refractivity contribution >= 4 is 11.6 Å². The quantitative estimate of drug-likeness (QED) is 0.475. The number of nitro groups is 1. The molecule has 0 saturated carbocycles. The number of hydrogen-bond donors (Lipinski definition) is 1. The van der Waals surface area contributed by atoms with E-state index in [1.165, 1.54) is 6.07 Å². The average molecular weight is 376 g/mol. The van der Waals surface area contributed by atoms with Crippen LogP contribution in [0.4, 0.5) is 5.69 Å². The van der Waals surface area contributed by atoms with Crippen molar-refractivity contribution in [3.05, 3.63) is 106 Å². The van der Waals surface area contributed by atoms with Crippen molar-refractivity contribution in [1.82, 2.24) is 5.32 Å². The number of para-hydroxylation sites is 2. The minimum atomic E-state index is -0.473. The zero-order valence-corrected chi connectivity index (χ0v) is 15.2. The smallest absolute Gasteiger partial charge is 0.273 e. The summed E-state index contributed by atoms with van der Waals surface area (Å²) in [6.07, 6.45) is -0.0338. The van der Waals surface area contributed by atoms with E-state index in [2.05, 4.69) is 5.32 Å². The van der Waals surface area contributed by atoms with Gasteiger partial charge in [-0.2, -0.15) is 0 Å². The van der Waals surface area contributed by atoms with Crippen molar-refractivity contribution in [2.24, 2.45) is 0 Å². The Morgan fingerprint density at radius 1 is 0.929 bits per heavy atom. The van der Waals surface area contributed by atoms with Crippen molar-refractivity contribution in [1.29, 1.82) is 0 Å². The van der Waals surface area contributed by atoms with E-state index in [-0.39, 0.29) is 18.0 Å². The van der Waals surface area contributed by atoms with Gasteiger partial charge in [-0.05, 0) is 23.3 Å². The normalized spacial score (nSPS) is 10.3. The van der Waals surface area contributed by atoms with Crippen molar-refractivity contribution in [2.75, 3.05) is 0 Å². The van der Waals surface area contributed by atoms with E-state index in [0.717, 1.165) is 16.9 Å². The van der Waals surface area contributed by atoms with E-state index < -0.39 is 4.92 Å². The van der Waals surface area contributed by atoms with E-state index in [0.29, 0.717) is 18.7 Å². The summed E-state index contributed by atoms with van der Waals surface area (Å²) in [7, 11) is 0. The third-order valence-corrected chi connectivity index (χ3v) is 4.17. The van der Waals surface area contributed by atoms with Gasteiger partial charge >= 0.3 is 0 Å². The molecule has 1 amide bonds. The van der Waals surface area contributed by atoms with E-state index in [4.69, 9.17) is 4.74 Å². The molecule has 3 aromatic carbocycles. The van der Waals surface area contributed by atoms with Gasteiger partial charge in [-0.3, -0.25) is 14.9 Å². The number of carbonyl (C=O) groups excluding carboxylic acids is 1. The van der Waals surface area contributed by atoms with Crippen LogP contribution in [0.1, 0.15) is 16.7 Å². The highest BCUT2D eigenvalue weighted by Crippen LogP contribution is 2.18. The van der Waals surface area contributed by atoms with Gasteiger partial charge in [0.25, 0.3) is 5.69 Å². The lowest BCUT2D eigenvalue weighted by Crippen LogP contribution is -2.24. The number of nitrogens with one attached hydrogen (secondary N) is 1. The van der Waals surface area contributed by atoms with Gasteiger partial charge in [0.1, 0.15) is 12.4 Å². The zero-order chi connectivity index (χ0) is 19.8. The maximum absolute atomic E-state index is 12.2. The van der Waals surface area contributed by atoms with Gasteiger partial charge in [0.2, 0.25) is 5.91 Å². The van der Waals surface area contributed by atoms with E-state index in [1.54, 1.807) is 18.2 Å². The molecule has 3 aromatic rings. The van der Waals surface area contributed by atoms with Gasteiger partial charge in [0.15, 0.2) is 0 Å². The van der Waals surface area contributed by atoms with Crippen LogP contribution < -0.4 is 10.1 Å². The van der Waals surface area contributed by atoms with Crippen LogP contribution in [0.25, 0.3) is 0 Å². The first kappa shape index (κ1) is 19.1. The summed E-state index contributed by atoms with van der Waals surface area (Å²) in [5.41, 5.74) is 2.28. The number of rotatable bonds is 8.